The third-order valence-corrected chi connectivity index (χ3v) is 3.07. The highest BCUT2D eigenvalue weighted by atomic mass is 35.5. The first-order valence-electron chi connectivity index (χ1n) is 6.32. The number of nitrogens with two attached hydrogens (primary N) is 1. The van der Waals surface area contributed by atoms with Gasteiger partial charge in [0.2, 0.25) is 0 Å². The Morgan fingerprint density at radius 3 is 3.00 bits per heavy atom. The van der Waals surface area contributed by atoms with Gasteiger partial charge in [0.1, 0.15) is 0 Å². The van der Waals surface area contributed by atoms with E-state index in [1.165, 1.54) is 0 Å². The van der Waals surface area contributed by atoms with Crippen LogP contribution in [0.2, 0.25) is 5.02 Å². The largest absolute Gasteiger partial charge is 0.322 e. The van der Waals surface area contributed by atoms with E-state index in [4.69, 9.17) is 17.3 Å². The molecule has 0 aliphatic heterocycles. The van der Waals surface area contributed by atoms with Gasteiger partial charge in [-0.25, -0.2) is 0 Å². The Morgan fingerprint density at radius 2 is 2.24 bits per heavy atom. The Hall–Kier alpha value is -2.35. The van der Waals surface area contributed by atoms with E-state index in [0.717, 1.165) is 5.56 Å². The maximum absolute atomic E-state index is 12.4. The van der Waals surface area contributed by atoms with Crippen molar-refractivity contribution in [2.45, 2.75) is 6.92 Å². The van der Waals surface area contributed by atoms with Gasteiger partial charge in [0.05, 0.1) is 17.7 Å². The number of aromatic nitrogens is 1. The van der Waals surface area contributed by atoms with Crippen molar-refractivity contribution < 1.29 is 4.79 Å². The SMILES string of the molecule is Cc1ccc(Cl)cc1NC(=O)c1ccncc1C#CCN. The fraction of sp³-hybridized carbons (Fsp3) is 0.125. The maximum atomic E-state index is 12.4. The van der Waals surface area contributed by atoms with Crippen molar-refractivity contribution in [3.8, 4) is 11.8 Å². The second-order valence-electron chi connectivity index (χ2n) is 4.34. The fourth-order valence-corrected chi connectivity index (χ4v) is 1.93. The Bertz CT molecular complexity index is 732. The molecule has 5 heteroatoms. The summed E-state index contributed by atoms with van der Waals surface area (Å²) in [5, 5.41) is 3.40. The molecule has 0 unspecified atom stereocenters. The monoisotopic (exact) mass is 299 g/mol. The molecule has 0 spiro atoms. The molecule has 0 saturated carbocycles. The molecular weight excluding hydrogens is 286 g/mol. The molecule has 106 valence electrons. The molecule has 4 nitrogen and oxygen atoms in total. The van der Waals surface area contributed by atoms with Crippen LogP contribution in [0.3, 0.4) is 0 Å². The molecule has 1 amide bonds. The molecule has 0 aliphatic rings. The maximum Gasteiger partial charge on any atom is 0.257 e. The number of halogens is 1. The van der Waals surface area contributed by atoms with Crippen molar-refractivity contribution in [3.05, 3.63) is 58.4 Å². The van der Waals surface area contributed by atoms with E-state index < -0.39 is 0 Å². The summed E-state index contributed by atoms with van der Waals surface area (Å²) in [6, 6.07) is 6.95. The number of pyridine rings is 1. The molecule has 1 aromatic carbocycles. The van der Waals surface area contributed by atoms with Crippen LogP contribution in [0.4, 0.5) is 5.69 Å². The lowest BCUT2D eigenvalue weighted by Crippen LogP contribution is -2.14. The molecule has 2 aromatic rings. The van der Waals surface area contributed by atoms with Crippen molar-refractivity contribution in [2.75, 3.05) is 11.9 Å². The van der Waals surface area contributed by atoms with Crippen LogP contribution in [-0.2, 0) is 0 Å². The minimum atomic E-state index is -0.260. The average molecular weight is 300 g/mol. The fourth-order valence-electron chi connectivity index (χ4n) is 1.76. The average Bonchev–Trinajstić information content (AvgIpc) is 2.49. The van der Waals surface area contributed by atoms with Gasteiger partial charge in [0.25, 0.3) is 5.91 Å². The zero-order chi connectivity index (χ0) is 15.2. The molecule has 2 rings (SSSR count). The Labute approximate surface area is 128 Å². The number of aryl methyl sites for hydroxylation is 1. The zero-order valence-electron chi connectivity index (χ0n) is 11.5. The third kappa shape index (κ3) is 3.82. The molecule has 0 fully saturated rings. The second kappa shape index (κ2) is 6.89. The van der Waals surface area contributed by atoms with E-state index in [1.807, 2.05) is 13.0 Å². The lowest BCUT2D eigenvalue weighted by atomic mass is 10.1. The van der Waals surface area contributed by atoms with Gasteiger partial charge in [0.15, 0.2) is 0 Å². The number of hydrogen-bond acceptors (Lipinski definition) is 3. The van der Waals surface area contributed by atoms with Gasteiger partial charge >= 0.3 is 0 Å². The number of nitrogens with zero attached hydrogens (tertiary/aromatic N) is 1. The molecule has 0 saturated heterocycles. The summed E-state index contributed by atoms with van der Waals surface area (Å²) < 4.78 is 0. The first-order chi connectivity index (χ1) is 10.1. The number of benzene rings is 1. The summed E-state index contributed by atoms with van der Waals surface area (Å²) in [6.07, 6.45) is 3.09. The van der Waals surface area contributed by atoms with Gasteiger partial charge in [-0.15, -0.1) is 0 Å². The van der Waals surface area contributed by atoms with Crippen LogP contribution in [0.1, 0.15) is 21.5 Å². The quantitative estimate of drug-likeness (QED) is 0.838. The van der Waals surface area contributed by atoms with Crippen LogP contribution in [0, 0.1) is 18.8 Å². The van der Waals surface area contributed by atoms with Crippen molar-refractivity contribution in [1.82, 2.24) is 4.98 Å². The minimum Gasteiger partial charge on any atom is -0.322 e. The van der Waals surface area contributed by atoms with Crippen LogP contribution in [0.15, 0.2) is 36.7 Å². The van der Waals surface area contributed by atoms with E-state index in [2.05, 4.69) is 22.1 Å². The Morgan fingerprint density at radius 1 is 1.43 bits per heavy atom. The van der Waals surface area contributed by atoms with Crippen LogP contribution >= 0.6 is 11.6 Å². The molecule has 0 atom stereocenters. The smallest absolute Gasteiger partial charge is 0.257 e. The van der Waals surface area contributed by atoms with Crippen LogP contribution in [0.25, 0.3) is 0 Å². The van der Waals surface area contributed by atoms with Crippen LogP contribution in [0.5, 0.6) is 0 Å². The van der Waals surface area contributed by atoms with Crippen LogP contribution < -0.4 is 11.1 Å². The summed E-state index contributed by atoms with van der Waals surface area (Å²) in [7, 11) is 0. The summed E-state index contributed by atoms with van der Waals surface area (Å²) >= 11 is 5.95. The summed E-state index contributed by atoms with van der Waals surface area (Å²) in [6.45, 7) is 2.12. The molecule has 1 heterocycles. The number of carbonyl (C=O) groups is 1. The van der Waals surface area contributed by atoms with Crippen LogP contribution in [-0.4, -0.2) is 17.4 Å². The minimum absolute atomic E-state index is 0.226. The molecule has 0 radical (unpaired) electrons. The molecule has 0 aliphatic carbocycles. The van der Waals surface area contributed by atoms with Gasteiger partial charge in [-0.3, -0.25) is 9.78 Å². The highest BCUT2D eigenvalue weighted by molar-refractivity contribution is 6.31. The van der Waals surface area contributed by atoms with Gasteiger partial charge in [-0.05, 0) is 30.7 Å². The van der Waals surface area contributed by atoms with Crippen molar-refractivity contribution in [2.24, 2.45) is 5.73 Å². The number of amides is 1. The molecule has 3 N–H and O–H groups in total. The Balaban J connectivity index is 2.31. The van der Waals surface area contributed by atoms with E-state index in [9.17, 15) is 4.79 Å². The highest BCUT2D eigenvalue weighted by Crippen LogP contribution is 2.21. The zero-order valence-corrected chi connectivity index (χ0v) is 12.2. The van der Waals surface area contributed by atoms with Gasteiger partial charge < -0.3 is 11.1 Å². The Kier molecular flexibility index (Phi) is 4.94. The molecule has 1 aromatic heterocycles. The summed E-state index contributed by atoms with van der Waals surface area (Å²) in [5.41, 5.74) is 7.94. The van der Waals surface area contributed by atoms with E-state index in [-0.39, 0.29) is 12.5 Å². The van der Waals surface area contributed by atoms with E-state index >= 15 is 0 Å². The third-order valence-electron chi connectivity index (χ3n) is 2.84. The first-order valence-corrected chi connectivity index (χ1v) is 6.70. The standard InChI is InChI=1S/C16H14ClN3O/c1-11-4-5-13(17)9-15(11)20-16(21)14-6-8-19-10-12(14)3-2-7-18/h4-6,8-10H,7,18H2,1H3,(H,20,21). The summed E-state index contributed by atoms with van der Waals surface area (Å²) in [4.78, 5) is 16.4. The number of nitrogens with one attached hydrogen (secondary N) is 1. The van der Waals surface area contributed by atoms with Crippen molar-refractivity contribution in [1.29, 1.82) is 0 Å². The first kappa shape index (κ1) is 15.0. The number of hydrogen-bond donors (Lipinski definition) is 2. The van der Waals surface area contributed by atoms with Crippen molar-refractivity contribution >= 4 is 23.2 Å². The number of anilines is 1. The number of rotatable bonds is 2. The number of carbonyl (C=O) groups excluding carboxylic acids is 1. The van der Waals surface area contributed by atoms with Gasteiger partial charge in [-0.1, -0.05) is 29.5 Å². The van der Waals surface area contributed by atoms with Gasteiger partial charge in [0, 0.05) is 23.1 Å². The molecule has 21 heavy (non-hydrogen) atoms. The molecule has 0 bridgehead atoms. The summed E-state index contributed by atoms with van der Waals surface area (Å²) in [5.74, 6) is 5.30. The topological polar surface area (TPSA) is 68.0 Å². The van der Waals surface area contributed by atoms with E-state index in [1.54, 1.807) is 30.6 Å². The van der Waals surface area contributed by atoms with E-state index in [0.29, 0.717) is 21.8 Å². The van der Waals surface area contributed by atoms with Crippen molar-refractivity contribution in [3.63, 3.8) is 0 Å². The van der Waals surface area contributed by atoms with Gasteiger partial charge in [-0.2, -0.15) is 0 Å². The predicted molar refractivity (Wildman–Crippen MR) is 84.3 cm³/mol. The lowest BCUT2D eigenvalue weighted by molar-refractivity contribution is 0.102. The lowest BCUT2D eigenvalue weighted by Gasteiger charge is -2.09. The molecular formula is C16H14ClN3O. The normalized spacial score (nSPS) is 9.67. The predicted octanol–water partition coefficient (Wildman–Crippen LogP) is 2.61. The second-order valence-corrected chi connectivity index (χ2v) is 4.78. The highest BCUT2D eigenvalue weighted by Gasteiger charge is 2.11.